The van der Waals surface area contributed by atoms with E-state index in [0.29, 0.717) is 11.6 Å². The van der Waals surface area contributed by atoms with E-state index in [1.807, 2.05) is 0 Å². The molecule has 144 valence electrons. The number of carboxylic acids is 1. The van der Waals surface area contributed by atoms with Gasteiger partial charge in [0.05, 0.1) is 13.0 Å². The summed E-state index contributed by atoms with van der Waals surface area (Å²) in [6.07, 6.45) is 1.59. The third kappa shape index (κ3) is 6.18. The van der Waals surface area contributed by atoms with Crippen LogP contribution < -0.4 is 14.8 Å². The van der Waals surface area contributed by atoms with Crippen LogP contribution in [0.1, 0.15) is 12.5 Å². The van der Waals surface area contributed by atoms with Crippen LogP contribution in [0, 0.1) is 5.92 Å². The maximum absolute atomic E-state index is 12.1. The van der Waals surface area contributed by atoms with Crippen molar-refractivity contribution in [2.75, 3.05) is 20.7 Å². The van der Waals surface area contributed by atoms with E-state index in [9.17, 15) is 9.59 Å². The first-order valence-corrected chi connectivity index (χ1v) is 8.37. The summed E-state index contributed by atoms with van der Waals surface area (Å²) < 4.78 is 10.8. The van der Waals surface area contributed by atoms with Crippen LogP contribution in [0.25, 0.3) is 0 Å². The Morgan fingerprint density at radius 2 is 1.89 bits per heavy atom. The molecule has 2 rings (SSSR count). The number of urea groups is 1. The quantitative estimate of drug-likeness (QED) is 0.738. The van der Waals surface area contributed by atoms with Crippen molar-refractivity contribution in [1.82, 2.24) is 15.2 Å². The van der Waals surface area contributed by atoms with Crippen LogP contribution in [-0.4, -0.2) is 47.7 Å². The summed E-state index contributed by atoms with van der Waals surface area (Å²) in [5.74, 6) is 0.176. The minimum Gasteiger partial charge on any atom is -0.497 e. The fourth-order valence-corrected chi connectivity index (χ4v) is 2.27. The highest BCUT2D eigenvalue weighted by molar-refractivity contribution is 5.75. The van der Waals surface area contributed by atoms with E-state index in [1.165, 1.54) is 4.90 Å². The van der Waals surface area contributed by atoms with E-state index in [2.05, 4.69) is 10.3 Å². The number of hydrogen-bond acceptors (Lipinski definition) is 5. The van der Waals surface area contributed by atoms with Gasteiger partial charge >= 0.3 is 12.0 Å². The van der Waals surface area contributed by atoms with Gasteiger partial charge in [-0.15, -0.1) is 0 Å². The number of rotatable bonds is 8. The highest BCUT2D eigenvalue weighted by Gasteiger charge is 2.17. The highest BCUT2D eigenvalue weighted by Crippen LogP contribution is 2.22. The topological polar surface area (TPSA) is 101 Å². The predicted octanol–water partition coefficient (Wildman–Crippen LogP) is 2.74. The van der Waals surface area contributed by atoms with Crippen LogP contribution in [0.15, 0.2) is 42.6 Å². The Kier molecular flexibility index (Phi) is 6.99. The van der Waals surface area contributed by atoms with Crippen molar-refractivity contribution in [1.29, 1.82) is 0 Å². The van der Waals surface area contributed by atoms with Gasteiger partial charge in [-0.05, 0) is 35.9 Å². The summed E-state index contributed by atoms with van der Waals surface area (Å²) in [6, 6.07) is 10.3. The molecule has 0 fully saturated rings. The molecule has 0 aliphatic carbocycles. The molecule has 1 aromatic carbocycles. The summed E-state index contributed by atoms with van der Waals surface area (Å²) in [7, 11) is 3.15. The molecule has 0 bridgehead atoms. The van der Waals surface area contributed by atoms with Crippen molar-refractivity contribution in [2.45, 2.75) is 13.5 Å². The number of carboxylic acid groups (broad SMARTS) is 1. The molecule has 0 aliphatic rings. The zero-order valence-corrected chi connectivity index (χ0v) is 15.5. The molecule has 8 heteroatoms. The van der Waals surface area contributed by atoms with Crippen LogP contribution >= 0.6 is 0 Å². The third-order valence-corrected chi connectivity index (χ3v) is 3.84. The smallest absolute Gasteiger partial charge is 0.317 e. The number of pyridine rings is 1. The van der Waals surface area contributed by atoms with Crippen molar-refractivity contribution < 1.29 is 24.2 Å². The van der Waals surface area contributed by atoms with E-state index in [1.54, 1.807) is 63.7 Å². The van der Waals surface area contributed by atoms with Crippen LogP contribution in [-0.2, 0) is 11.3 Å². The van der Waals surface area contributed by atoms with Crippen molar-refractivity contribution in [2.24, 2.45) is 5.92 Å². The molecule has 1 heterocycles. The summed E-state index contributed by atoms with van der Waals surface area (Å²) in [5, 5.41) is 11.7. The van der Waals surface area contributed by atoms with Gasteiger partial charge in [0.15, 0.2) is 0 Å². The number of nitrogens with one attached hydrogen (secondary N) is 1. The maximum atomic E-state index is 12.1. The first-order valence-electron chi connectivity index (χ1n) is 8.37. The van der Waals surface area contributed by atoms with Gasteiger partial charge in [-0.2, -0.15) is 0 Å². The second-order valence-corrected chi connectivity index (χ2v) is 6.06. The van der Waals surface area contributed by atoms with Gasteiger partial charge in [-0.1, -0.05) is 6.92 Å². The van der Waals surface area contributed by atoms with Crippen molar-refractivity contribution >= 4 is 12.0 Å². The van der Waals surface area contributed by atoms with Crippen LogP contribution in [0.2, 0.25) is 0 Å². The monoisotopic (exact) mass is 373 g/mol. The summed E-state index contributed by atoms with van der Waals surface area (Å²) >= 11 is 0. The number of amides is 2. The first kappa shape index (κ1) is 20.0. The number of benzene rings is 1. The number of carbonyl (C=O) groups excluding carboxylic acids is 1. The van der Waals surface area contributed by atoms with Crippen LogP contribution in [0.3, 0.4) is 0 Å². The van der Waals surface area contributed by atoms with Crippen LogP contribution in [0.4, 0.5) is 4.79 Å². The van der Waals surface area contributed by atoms with Crippen molar-refractivity contribution in [3.8, 4) is 17.4 Å². The Morgan fingerprint density at radius 1 is 1.22 bits per heavy atom. The molecule has 2 N–H and O–H groups in total. The molecule has 1 aromatic heterocycles. The number of hydrogen-bond donors (Lipinski definition) is 2. The molecule has 1 unspecified atom stereocenters. The van der Waals surface area contributed by atoms with E-state index in [-0.39, 0.29) is 19.1 Å². The van der Waals surface area contributed by atoms with Crippen molar-refractivity contribution in [3.05, 3.63) is 48.2 Å². The number of carbonyl (C=O) groups is 2. The molecule has 0 radical (unpaired) electrons. The molecule has 0 saturated heterocycles. The van der Waals surface area contributed by atoms with Gasteiger partial charge in [0, 0.05) is 32.4 Å². The Labute approximate surface area is 157 Å². The standard InChI is InChI=1S/C19H23N3O5/c1-13(18(23)24)12-22(2)19(25)21-11-14-8-9-20-17(10-14)27-16-6-4-15(26-3)5-7-16/h4-10,13H,11-12H2,1-3H3,(H,21,25)(H,23,24). The fraction of sp³-hybridized carbons (Fsp3) is 0.316. The normalized spacial score (nSPS) is 11.4. The second kappa shape index (κ2) is 9.42. The molecule has 1 atom stereocenters. The van der Waals surface area contributed by atoms with E-state index in [0.717, 1.165) is 11.3 Å². The van der Waals surface area contributed by atoms with Crippen LogP contribution in [0.5, 0.6) is 17.4 Å². The maximum Gasteiger partial charge on any atom is 0.317 e. The second-order valence-electron chi connectivity index (χ2n) is 6.06. The number of methoxy groups -OCH3 is 1. The number of aliphatic carboxylic acids is 1. The molecule has 0 aliphatic heterocycles. The SMILES string of the molecule is COc1ccc(Oc2cc(CNC(=O)N(C)CC(C)C(=O)O)ccn2)cc1. The number of ether oxygens (including phenoxy) is 2. The van der Waals surface area contributed by atoms with E-state index >= 15 is 0 Å². The average molecular weight is 373 g/mol. The Balaban J connectivity index is 1.91. The molecule has 8 nitrogen and oxygen atoms in total. The summed E-state index contributed by atoms with van der Waals surface area (Å²) in [6.45, 7) is 1.95. The lowest BCUT2D eigenvalue weighted by Crippen LogP contribution is -2.40. The average Bonchev–Trinajstić information content (AvgIpc) is 2.66. The minimum absolute atomic E-state index is 0.128. The lowest BCUT2D eigenvalue weighted by molar-refractivity contribution is -0.141. The molecule has 0 spiro atoms. The molecule has 0 saturated carbocycles. The largest absolute Gasteiger partial charge is 0.497 e. The zero-order chi connectivity index (χ0) is 19.8. The number of nitrogens with zero attached hydrogens (tertiary/aromatic N) is 2. The van der Waals surface area contributed by atoms with Gasteiger partial charge < -0.3 is 24.8 Å². The van der Waals surface area contributed by atoms with E-state index in [4.69, 9.17) is 14.6 Å². The Bertz CT molecular complexity index is 779. The van der Waals surface area contributed by atoms with Gasteiger partial charge in [0.25, 0.3) is 0 Å². The Morgan fingerprint density at radius 3 is 2.52 bits per heavy atom. The van der Waals surface area contributed by atoms with E-state index < -0.39 is 11.9 Å². The lowest BCUT2D eigenvalue weighted by atomic mass is 10.2. The molecular weight excluding hydrogens is 350 g/mol. The highest BCUT2D eigenvalue weighted by atomic mass is 16.5. The zero-order valence-electron chi connectivity index (χ0n) is 15.5. The molecule has 27 heavy (non-hydrogen) atoms. The predicted molar refractivity (Wildman–Crippen MR) is 99.0 cm³/mol. The van der Waals surface area contributed by atoms with Gasteiger partial charge in [0.1, 0.15) is 11.5 Å². The minimum atomic E-state index is -0.941. The van der Waals surface area contributed by atoms with Crippen molar-refractivity contribution in [3.63, 3.8) is 0 Å². The third-order valence-electron chi connectivity index (χ3n) is 3.84. The molecule has 2 amide bonds. The summed E-state index contributed by atoms with van der Waals surface area (Å²) in [5.41, 5.74) is 0.807. The molecular formula is C19H23N3O5. The first-order chi connectivity index (χ1) is 12.9. The van der Waals surface area contributed by atoms with Gasteiger partial charge in [-0.25, -0.2) is 9.78 Å². The van der Waals surface area contributed by atoms with Gasteiger partial charge in [0.2, 0.25) is 5.88 Å². The summed E-state index contributed by atoms with van der Waals surface area (Å²) in [4.78, 5) is 28.4. The van der Waals surface area contributed by atoms with Gasteiger partial charge in [-0.3, -0.25) is 4.79 Å². The Hall–Kier alpha value is -3.29. The number of aromatic nitrogens is 1. The molecule has 2 aromatic rings. The fourth-order valence-electron chi connectivity index (χ4n) is 2.27. The lowest BCUT2D eigenvalue weighted by Gasteiger charge is -2.20.